The van der Waals surface area contributed by atoms with Crippen LogP contribution in [0.5, 0.6) is 0 Å². The quantitative estimate of drug-likeness (QED) is 0.456. The number of nitro benzene ring substituents is 1. The molecule has 0 bridgehead atoms. The molecule has 0 aromatic heterocycles. The number of halogens is 1. The van der Waals surface area contributed by atoms with Gasteiger partial charge in [-0.15, -0.1) is 12.4 Å². The first-order valence-electron chi connectivity index (χ1n) is 6.82. The predicted octanol–water partition coefficient (Wildman–Crippen LogP) is 1.95. The van der Waals surface area contributed by atoms with E-state index in [4.69, 9.17) is 5.73 Å². The van der Waals surface area contributed by atoms with Crippen molar-refractivity contribution in [1.29, 1.82) is 0 Å². The molecule has 1 aliphatic rings. The number of rotatable bonds is 7. The van der Waals surface area contributed by atoms with Crippen molar-refractivity contribution >= 4 is 24.0 Å². The molecule has 1 aromatic rings. The summed E-state index contributed by atoms with van der Waals surface area (Å²) in [5.74, 6) is -0.0483. The molecule has 1 aliphatic carbocycles. The number of nitrogens with two attached hydrogens (primary N) is 1. The van der Waals surface area contributed by atoms with Gasteiger partial charge < -0.3 is 11.1 Å². The van der Waals surface area contributed by atoms with Gasteiger partial charge in [0.05, 0.1) is 10.5 Å². The molecule has 0 unspecified atom stereocenters. The van der Waals surface area contributed by atoms with Gasteiger partial charge in [-0.25, -0.2) is 0 Å². The topological polar surface area (TPSA) is 98.3 Å². The van der Waals surface area contributed by atoms with Crippen LogP contribution in [0.4, 0.5) is 5.69 Å². The number of nitrogens with one attached hydrogen (secondary N) is 1. The summed E-state index contributed by atoms with van der Waals surface area (Å²) >= 11 is 0. The first-order chi connectivity index (χ1) is 9.51. The molecule has 7 heteroatoms. The lowest BCUT2D eigenvalue weighted by atomic mass is 10.1. The maximum absolute atomic E-state index is 11.6. The van der Waals surface area contributed by atoms with Crippen LogP contribution in [0.15, 0.2) is 24.3 Å². The number of unbranched alkanes of at least 4 members (excludes halogenated alkanes) is 1. The highest BCUT2D eigenvalue weighted by atomic mass is 35.5. The number of hydrogen-bond acceptors (Lipinski definition) is 4. The van der Waals surface area contributed by atoms with Gasteiger partial charge in [0, 0.05) is 18.7 Å². The molecule has 0 atom stereocenters. The number of nitro groups is 1. The summed E-state index contributed by atoms with van der Waals surface area (Å²) in [6, 6.07) is 6.58. The summed E-state index contributed by atoms with van der Waals surface area (Å²) in [6.07, 6.45) is 4.21. The maximum atomic E-state index is 11.6. The summed E-state index contributed by atoms with van der Waals surface area (Å²) in [5.41, 5.74) is 6.35. The molecular formula is C14H20ClN3O3. The molecule has 0 saturated heterocycles. The molecule has 2 rings (SSSR count). The summed E-state index contributed by atoms with van der Waals surface area (Å²) in [6.45, 7) is 0.630. The van der Waals surface area contributed by atoms with Gasteiger partial charge in [0.15, 0.2) is 0 Å². The SMILES string of the molecule is Cl.NC1(C(=O)NCCCCc2ccc([N+](=O)[O-])cc2)CC1. The molecule has 21 heavy (non-hydrogen) atoms. The highest BCUT2D eigenvalue weighted by Gasteiger charge is 2.45. The van der Waals surface area contributed by atoms with Crippen molar-refractivity contribution in [2.75, 3.05) is 6.54 Å². The third kappa shape index (κ3) is 4.99. The maximum Gasteiger partial charge on any atom is 0.269 e. The number of non-ortho nitro benzene ring substituents is 1. The number of carbonyl (C=O) groups is 1. The second-order valence-corrected chi connectivity index (χ2v) is 5.29. The molecule has 0 aliphatic heterocycles. The fraction of sp³-hybridized carbons (Fsp3) is 0.500. The van der Waals surface area contributed by atoms with E-state index in [-0.39, 0.29) is 24.0 Å². The molecule has 0 spiro atoms. The van der Waals surface area contributed by atoms with Crippen molar-refractivity contribution in [3.63, 3.8) is 0 Å². The van der Waals surface area contributed by atoms with Crippen molar-refractivity contribution in [3.8, 4) is 0 Å². The standard InChI is InChI=1S/C14H19N3O3.ClH/c15-14(8-9-14)13(18)16-10-2-1-3-11-4-6-12(7-5-11)17(19)20;/h4-7H,1-3,8-10,15H2,(H,16,18);1H. The fourth-order valence-corrected chi connectivity index (χ4v) is 1.98. The average Bonchev–Trinajstić information content (AvgIpc) is 3.18. The number of nitrogens with zero attached hydrogens (tertiary/aromatic N) is 1. The average molecular weight is 314 g/mol. The molecule has 116 valence electrons. The summed E-state index contributed by atoms with van der Waals surface area (Å²) in [7, 11) is 0. The summed E-state index contributed by atoms with van der Waals surface area (Å²) in [5, 5.41) is 13.4. The molecular weight excluding hydrogens is 294 g/mol. The van der Waals surface area contributed by atoms with E-state index in [1.54, 1.807) is 12.1 Å². The van der Waals surface area contributed by atoms with Gasteiger partial charge in [0.2, 0.25) is 5.91 Å². The third-order valence-electron chi connectivity index (χ3n) is 3.57. The zero-order valence-electron chi connectivity index (χ0n) is 11.7. The molecule has 1 fully saturated rings. The van der Waals surface area contributed by atoms with Crippen LogP contribution in [0.1, 0.15) is 31.2 Å². The van der Waals surface area contributed by atoms with E-state index >= 15 is 0 Å². The van der Waals surface area contributed by atoms with Crippen LogP contribution < -0.4 is 11.1 Å². The molecule has 1 amide bonds. The van der Waals surface area contributed by atoms with E-state index in [1.807, 2.05) is 0 Å². The lowest BCUT2D eigenvalue weighted by Gasteiger charge is -2.09. The molecule has 6 nitrogen and oxygen atoms in total. The van der Waals surface area contributed by atoms with Crippen molar-refractivity contribution in [3.05, 3.63) is 39.9 Å². The molecule has 3 N–H and O–H groups in total. The van der Waals surface area contributed by atoms with E-state index in [9.17, 15) is 14.9 Å². The fourth-order valence-electron chi connectivity index (χ4n) is 1.98. The zero-order valence-corrected chi connectivity index (χ0v) is 12.5. The molecule has 0 heterocycles. The normalized spacial score (nSPS) is 14.9. The van der Waals surface area contributed by atoms with Gasteiger partial charge >= 0.3 is 0 Å². The Morgan fingerprint density at radius 2 is 1.90 bits per heavy atom. The number of carbonyl (C=O) groups excluding carboxylic acids is 1. The Labute approximate surface area is 129 Å². The lowest BCUT2D eigenvalue weighted by Crippen LogP contribution is -2.43. The van der Waals surface area contributed by atoms with Gasteiger partial charge in [-0.3, -0.25) is 14.9 Å². The predicted molar refractivity (Wildman–Crippen MR) is 82.4 cm³/mol. The Bertz CT molecular complexity index is 501. The lowest BCUT2D eigenvalue weighted by molar-refractivity contribution is -0.384. The van der Waals surface area contributed by atoms with Gasteiger partial charge in [0.1, 0.15) is 0 Å². The minimum atomic E-state index is -0.599. The second-order valence-electron chi connectivity index (χ2n) is 5.29. The van der Waals surface area contributed by atoms with Crippen LogP contribution in [-0.2, 0) is 11.2 Å². The van der Waals surface area contributed by atoms with Crippen molar-refractivity contribution in [2.45, 2.75) is 37.6 Å². The van der Waals surface area contributed by atoms with E-state index < -0.39 is 10.5 Å². The van der Waals surface area contributed by atoms with Crippen LogP contribution >= 0.6 is 12.4 Å². The first-order valence-corrected chi connectivity index (χ1v) is 6.82. The van der Waals surface area contributed by atoms with E-state index in [0.717, 1.165) is 37.7 Å². The zero-order chi connectivity index (χ0) is 14.6. The van der Waals surface area contributed by atoms with Crippen molar-refractivity contribution in [1.82, 2.24) is 5.32 Å². The highest BCUT2D eigenvalue weighted by Crippen LogP contribution is 2.31. The first kappa shape index (κ1) is 17.4. The van der Waals surface area contributed by atoms with Crippen molar-refractivity contribution in [2.24, 2.45) is 5.73 Å². The second kappa shape index (κ2) is 7.38. The number of hydrogen-bond donors (Lipinski definition) is 2. The number of aryl methyl sites for hydroxylation is 1. The largest absolute Gasteiger partial charge is 0.355 e. The van der Waals surface area contributed by atoms with Crippen LogP contribution in [0.2, 0.25) is 0 Å². The molecule has 0 radical (unpaired) electrons. The van der Waals surface area contributed by atoms with E-state index in [0.29, 0.717) is 6.54 Å². The van der Waals surface area contributed by atoms with Crippen LogP contribution in [0, 0.1) is 10.1 Å². The van der Waals surface area contributed by atoms with Crippen LogP contribution in [0.3, 0.4) is 0 Å². The summed E-state index contributed by atoms with van der Waals surface area (Å²) in [4.78, 5) is 21.7. The van der Waals surface area contributed by atoms with E-state index in [1.165, 1.54) is 12.1 Å². The smallest absolute Gasteiger partial charge is 0.269 e. The Balaban J connectivity index is 0.00000220. The van der Waals surface area contributed by atoms with Gasteiger partial charge in [-0.2, -0.15) is 0 Å². The number of benzene rings is 1. The Kier molecular flexibility index (Phi) is 6.11. The minimum absolute atomic E-state index is 0. The van der Waals surface area contributed by atoms with E-state index in [2.05, 4.69) is 5.32 Å². The van der Waals surface area contributed by atoms with Crippen LogP contribution in [-0.4, -0.2) is 22.9 Å². The summed E-state index contributed by atoms with van der Waals surface area (Å²) < 4.78 is 0. The van der Waals surface area contributed by atoms with Gasteiger partial charge in [-0.05, 0) is 37.7 Å². The Morgan fingerprint density at radius 1 is 1.29 bits per heavy atom. The molecule has 1 aromatic carbocycles. The monoisotopic (exact) mass is 313 g/mol. The van der Waals surface area contributed by atoms with Crippen LogP contribution in [0.25, 0.3) is 0 Å². The minimum Gasteiger partial charge on any atom is -0.355 e. The highest BCUT2D eigenvalue weighted by molar-refractivity contribution is 5.88. The Morgan fingerprint density at radius 3 is 2.43 bits per heavy atom. The number of amides is 1. The van der Waals surface area contributed by atoms with Crippen molar-refractivity contribution < 1.29 is 9.72 Å². The molecule has 1 saturated carbocycles. The third-order valence-corrected chi connectivity index (χ3v) is 3.57. The van der Waals surface area contributed by atoms with Gasteiger partial charge in [0.25, 0.3) is 5.69 Å². The Hall–Kier alpha value is -1.66. The van der Waals surface area contributed by atoms with Gasteiger partial charge in [-0.1, -0.05) is 12.1 Å².